The van der Waals surface area contributed by atoms with Crippen molar-refractivity contribution >= 4 is 17.3 Å². The van der Waals surface area contributed by atoms with E-state index in [0.29, 0.717) is 18.1 Å². The van der Waals surface area contributed by atoms with Gasteiger partial charge in [0.25, 0.3) is 0 Å². The highest BCUT2D eigenvalue weighted by atomic mass is 16.6. The Morgan fingerprint density at radius 1 is 1.46 bits per heavy atom. The molecule has 2 aromatic heterocycles. The minimum absolute atomic E-state index is 0.0654. The zero-order valence-corrected chi connectivity index (χ0v) is 13.6. The summed E-state index contributed by atoms with van der Waals surface area (Å²) in [5, 5.41) is 14.7. The van der Waals surface area contributed by atoms with Gasteiger partial charge in [-0.15, -0.1) is 0 Å². The molecule has 0 bridgehead atoms. The second-order valence-electron chi connectivity index (χ2n) is 5.84. The third-order valence-electron chi connectivity index (χ3n) is 4.37. The number of nitrogens with zero attached hydrogens (tertiary/aromatic N) is 4. The van der Waals surface area contributed by atoms with Crippen LogP contribution in [-0.2, 0) is 6.54 Å². The van der Waals surface area contributed by atoms with Crippen LogP contribution in [0, 0.1) is 10.1 Å². The molecule has 3 rings (SSSR count). The molecule has 24 heavy (non-hydrogen) atoms. The van der Waals surface area contributed by atoms with E-state index in [1.807, 2.05) is 0 Å². The summed E-state index contributed by atoms with van der Waals surface area (Å²) in [4.78, 5) is 21.6. The van der Waals surface area contributed by atoms with Crippen LogP contribution in [0.3, 0.4) is 0 Å². The van der Waals surface area contributed by atoms with Crippen LogP contribution in [-0.4, -0.2) is 27.5 Å². The van der Waals surface area contributed by atoms with Gasteiger partial charge < -0.3 is 14.6 Å². The monoisotopic (exact) mass is 331 g/mol. The van der Waals surface area contributed by atoms with Crippen molar-refractivity contribution in [3.05, 3.63) is 40.6 Å². The molecule has 0 radical (unpaired) electrons. The topological polar surface area (TPSA) is 97.3 Å². The van der Waals surface area contributed by atoms with Gasteiger partial charge in [0.2, 0.25) is 11.6 Å². The van der Waals surface area contributed by atoms with Gasteiger partial charge in [-0.25, -0.2) is 9.97 Å². The number of nitrogens with one attached hydrogen (secondary N) is 1. The van der Waals surface area contributed by atoms with Gasteiger partial charge in [-0.2, -0.15) is 0 Å². The normalized spacial score (nSPS) is 17.7. The molecule has 0 spiro atoms. The van der Waals surface area contributed by atoms with Gasteiger partial charge in [0.15, 0.2) is 0 Å². The highest BCUT2D eigenvalue weighted by molar-refractivity contribution is 5.70. The van der Waals surface area contributed by atoms with E-state index in [9.17, 15) is 10.1 Å². The molecular weight excluding hydrogens is 310 g/mol. The second kappa shape index (κ2) is 7.29. The highest BCUT2D eigenvalue weighted by Gasteiger charge is 2.31. The largest absolute Gasteiger partial charge is 0.467 e. The molecular formula is C16H21N5O3. The van der Waals surface area contributed by atoms with Crippen LogP contribution in [0.5, 0.6) is 0 Å². The van der Waals surface area contributed by atoms with E-state index in [4.69, 9.17) is 4.42 Å². The molecule has 0 saturated carbocycles. The minimum Gasteiger partial charge on any atom is -0.467 e. The van der Waals surface area contributed by atoms with Gasteiger partial charge in [-0.1, -0.05) is 6.92 Å². The third kappa shape index (κ3) is 3.32. The van der Waals surface area contributed by atoms with E-state index in [1.54, 1.807) is 18.4 Å². The molecule has 3 heterocycles. The van der Waals surface area contributed by atoms with Crippen LogP contribution in [0.25, 0.3) is 0 Å². The van der Waals surface area contributed by atoms with Crippen molar-refractivity contribution in [2.24, 2.45) is 0 Å². The lowest BCUT2D eigenvalue weighted by Crippen LogP contribution is -2.40. The van der Waals surface area contributed by atoms with Gasteiger partial charge in [-0.05, 0) is 37.8 Å². The van der Waals surface area contributed by atoms with E-state index in [-0.39, 0.29) is 17.5 Å². The number of anilines is 2. The Morgan fingerprint density at radius 2 is 2.33 bits per heavy atom. The zero-order valence-electron chi connectivity index (χ0n) is 13.6. The maximum Gasteiger partial charge on any atom is 0.353 e. The van der Waals surface area contributed by atoms with E-state index >= 15 is 0 Å². The number of aromatic nitrogens is 2. The quantitative estimate of drug-likeness (QED) is 0.640. The van der Waals surface area contributed by atoms with Crippen molar-refractivity contribution in [3.63, 3.8) is 0 Å². The van der Waals surface area contributed by atoms with Gasteiger partial charge in [0.1, 0.15) is 12.1 Å². The number of hydrogen-bond acceptors (Lipinski definition) is 7. The van der Waals surface area contributed by atoms with E-state index < -0.39 is 4.92 Å². The third-order valence-corrected chi connectivity index (χ3v) is 4.37. The molecule has 8 heteroatoms. The molecule has 1 aliphatic heterocycles. The SMILES string of the molecule is CCC1CCCCN1c1ncnc(NCc2ccco2)c1[N+](=O)[O-]. The van der Waals surface area contributed by atoms with Crippen molar-refractivity contribution in [3.8, 4) is 0 Å². The fraction of sp³-hybridized carbons (Fsp3) is 0.500. The van der Waals surface area contributed by atoms with Crippen molar-refractivity contribution in [2.75, 3.05) is 16.8 Å². The van der Waals surface area contributed by atoms with Crippen molar-refractivity contribution in [2.45, 2.75) is 45.2 Å². The van der Waals surface area contributed by atoms with Gasteiger partial charge in [0, 0.05) is 12.6 Å². The summed E-state index contributed by atoms with van der Waals surface area (Å²) in [6.07, 6.45) is 7.10. The highest BCUT2D eigenvalue weighted by Crippen LogP contribution is 2.35. The lowest BCUT2D eigenvalue weighted by atomic mass is 10.00. The molecule has 2 aromatic rings. The summed E-state index contributed by atoms with van der Waals surface area (Å²) in [7, 11) is 0. The van der Waals surface area contributed by atoms with Gasteiger partial charge in [0.05, 0.1) is 17.7 Å². The summed E-state index contributed by atoms with van der Waals surface area (Å²) in [5.41, 5.74) is -0.0654. The Hall–Kier alpha value is -2.64. The summed E-state index contributed by atoms with van der Waals surface area (Å²) in [5.74, 6) is 1.32. The van der Waals surface area contributed by atoms with E-state index in [1.165, 1.54) is 6.33 Å². The number of rotatable bonds is 6. The first-order valence-corrected chi connectivity index (χ1v) is 8.23. The summed E-state index contributed by atoms with van der Waals surface area (Å²) >= 11 is 0. The van der Waals surface area contributed by atoms with Crippen molar-refractivity contribution in [1.29, 1.82) is 0 Å². The zero-order chi connectivity index (χ0) is 16.9. The Balaban J connectivity index is 1.91. The summed E-state index contributed by atoms with van der Waals surface area (Å²) in [6, 6.07) is 3.86. The van der Waals surface area contributed by atoms with E-state index in [0.717, 1.165) is 32.2 Å². The average Bonchev–Trinajstić information content (AvgIpc) is 3.13. The molecule has 1 fully saturated rings. The predicted molar refractivity (Wildman–Crippen MR) is 90.0 cm³/mol. The first-order chi connectivity index (χ1) is 11.7. The molecule has 1 saturated heterocycles. The average molecular weight is 331 g/mol. The van der Waals surface area contributed by atoms with Crippen molar-refractivity contribution < 1.29 is 9.34 Å². The number of piperidine rings is 1. The van der Waals surface area contributed by atoms with E-state index in [2.05, 4.69) is 27.1 Å². The lowest BCUT2D eigenvalue weighted by Gasteiger charge is -2.35. The fourth-order valence-electron chi connectivity index (χ4n) is 3.17. The Bertz CT molecular complexity index is 689. The first kappa shape index (κ1) is 16.2. The number of nitro groups is 1. The van der Waals surface area contributed by atoms with Crippen LogP contribution in [0.4, 0.5) is 17.3 Å². The van der Waals surface area contributed by atoms with Crippen LogP contribution >= 0.6 is 0 Å². The van der Waals surface area contributed by atoms with Gasteiger partial charge in [-0.3, -0.25) is 10.1 Å². The molecule has 1 atom stereocenters. The molecule has 0 aliphatic carbocycles. The summed E-state index contributed by atoms with van der Waals surface area (Å²) < 4.78 is 5.25. The van der Waals surface area contributed by atoms with Gasteiger partial charge >= 0.3 is 5.69 Å². The Labute approximate surface area is 140 Å². The summed E-state index contributed by atoms with van der Waals surface area (Å²) in [6.45, 7) is 3.22. The number of furan rings is 1. The Kier molecular flexibility index (Phi) is 4.93. The fourth-order valence-corrected chi connectivity index (χ4v) is 3.17. The molecule has 128 valence electrons. The molecule has 1 unspecified atom stereocenters. The molecule has 1 N–H and O–H groups in total. The maximum absolute atomic E-state index is 11.7. The van der Waals surface area contributed by atoms with Crippen LogP contribution in [0.2, 0.25) is 0 Å². The standard InChI is InChI=1S/C16H21N5O3/c1-2-12-6-3-4-8-20(12)16-14(21(22)23)15(18-11-19-16)17-10-13-7-5-9-24-13/h5,7,9,11-12H,2-4,6,8,10H2,1H3,(H,17,18,19). The first-order valence-electron chi connectivity index (χ1n) is 8.23. The minimum atomic E-state index is -0.402. The second-order valence-corrected chi connectivity index (χ2v) is 5.84. The maximum atomic E-state index is 11.7. The Morgan fingerprint density at radius 3 is 3.04 bits per heavy atom. The number of hydrogen-bond donors (Lipinski definition) is 1. The molecule has 1 aliphatic rings. The van der Waals surface area contributed by atoms with Crippen LogP contribution < -0.4 is 10.2 Å². The molecule has 0 amide bonds. The van der Waals surface area contributed by atoms with Crippen LogP contribution in [0.1, 0.15) is 38.4 Å². The molecule has 0 aromatic carbocycles. The van der Waals surface area contributed by atoms with Crippen molar-refractivity contribution in [1.82, 2.24) is 9.97 Å². The lowest BCUT2D eigenvalue weighted by molar-refractivity contribution is -0.383. The smallest absolute Gasteiger partial charge is 0.353 e. The molecule has 8 nitrogen and oxygen atoms in total. The van der Waals surface area contributed by atoms with Crippen LogP contribution in [0.15, 0.2) is 29.1 Å². The predicted octanol–water partition coefficient (Wildman–Crippen LogP) is 3.36.